The molecular weight excluding hydrogens is 801 g/mol. The molecule has 6 aromatic rings. The molecule has 0 aliphatic rings. The van der Waals surface area contributed by atoms with Gasteiger partial charge >= 0.3 is 11.9 Å². The van der Waals surface area contributed by atoms with E-state index >= 15 is 0 Å². The van der Waals surface area contributed by atoms with E-state index in [4.69, 9.17) is 14.2 Å². The van der Waals surface area contributed by atoms with Gasteiger partial charge in [0, 0.05) is 22.3 Å². The van der Waals surface area contributed by atoms with Crippen molar-refractivity contribution in [2.24, 2.45) is 0 Å². The summed E-state index contributed by atoms with van der Waals surface area (Å²) in [6.45, 7) is 1.52. The van der Waals surface area contributed by atoms with Crippen molar-refractivity contribution in [2.45, 2.75) is 16.7 Å². The van der Waals surface area contributed by atoms with E-state index < -0.39 is 54.4 Å². The average molecular weight is 835 g/mol. The first-order chi connectivity index (χ1) is 28.1. The van der Waals surface area contributed by atoms with Crippen LogP contribution in [0.5, 0.6) is 17.2 Å². The number of rotatable bonds is 14. The molecule has 6 aromatic carbocycles. The predicted molar refractivity (Wildman–Crippen MR) is 214 cm³/mol. The number of ketones is 2. The van der Waals surface area contributed by atoms with Crippen molar-refractivity contribution in [1.29, 1.82) is 0 Å². The number of hydrogen-bond acceptors (Lipinski definition) is 13. The molecule has 0 aromatic heterocycles. The molecule has 0 N–H and O–H groups in total. The van der Waals surface area contributed by atoms with Gasteiger partial charge in [-0.15, -0.1) is 0 Å². The summed E-state index contributed by atoms with van der Waals surface area (Å²) in [6.07, 6.45) is 0. The highest BCUT2D eigenvalue weighted by atomic mass is 32.2. The topological polar surface area (TPSA) is 183 Å². The molecule has 0 bridgehead atoms. The molecule has 0 saturated heterocycles. The summed E-state index contributed by atoms with van der Waals surface area (Å²) in [5.74, 6) is -2.19. The Balaban J connectivity index is 1.12. The molecule has 6 rings (SSSR count). The summed E-state index contributed by atoms with van der Waals surface area (Å²) in [7, 11) is -5.24. The summed E-state index contributed by atoms with van der Waals surface area (Å²) in [5, 5.41) is 0. The highest BCUT2D eigenvalue weighted by Crippen LogP contribution is 2.30. The van der Waals surface area contributed by atoms with Gasteiger partial charge in [0.1, 0.15) is 16.4 Å². The Kier molecular flexibility index (Phi) is 12.3. The minimum Gasteiger partial charge on any atom is -0.497 e. The normalized spacial score (nSPS) is 11.4. The van der Waals surface area contributed by atoms with Crippen LogP contribution in [0.15, 0.2) is 143 Å². The standard InChI is InChI=1S/C44H34O13S2/c1-27-5-6-34(25-39(27)58(49,50)54-3)42(46)35-19-24-38(40(26-35)59(51,52)55-4)57-44(48)33-13-9-30(10-14-33)41(45)31-17-22-37(23-18-31)56-43(47)32-11-7-28(8-12-32)29-15-20-36(53-2)21-16-29/h5-26H,1-4H3. The summed E-state index contributed by atoms with van der Waals surface area (Å²) in [6, 6.07) is 32.9. The summed E-state index contributed by atoms with van der Waals surface area (Å²) < 4.78 is 75.8. The number of ether oxygens (including phenoxy) is 3. The van der Waals surface area contributed by atoms with Crippen LogP contribution in [-0.2, 0) is 28.6 Å². The molecular formula is C44H34O13S2. The maximum Gasteiger partial charge on any atom is 0.343 e. The van der Waals surface area contributed by atoms with Crippen molar-refractivity contribution < 1.29 is 58.6 Å². The first-order valence-electron chi connectivity index (χ1n) is 17.5. The van der Waals surface area contributed by atoms with Crippen LogP contribution in [0.4, 0.5) is 0 Å². The average Bonchev–Trinajstić information content (AvgIpc) is 3.26. The fourth-order valence-electron chi connectivity index (χ4n) is 5.79. The molecule has 15 heteroatoms. The van der Waals surface area contributed by atoms with Crippen LogP contribution in [0.3, 0.4) is 0 Å². The van der Waals surface area contributed by atoms with Crippen molar-refractivity contribution in [1.82, 2.24) is 0 Å². The molecule has 0 aliphatic carbocycles. The molecule has 0 atom stereocenters. The SMILES string of the molecule is COc1ccc(-c2ccc(C(=O)Oc3ccc(C(=O)c4ccc(C(=O)Oc5ccc(C(=O)c6ccc(C)c(S(=O)(=O)OC)c6)cc5S(=O)(=O)OC)cc4)cc3)cc2)cc1. The third-order valence-electron chi connectivity index (χ3n) is 9.09. The number of hydrogen-bond donors (Lipinski definition) is 0. The Bertz CT molecular complexity index is 2800. The number of methoxy groups -OCH3 is 1. The minimum atomic E-state index is -4.54. The van der Waals surface area contributed by atoms with Crippen LogP contribution in [0.25, 0.3) is 11.1 Å². The van der Waals surface area contributed by atoms with Crippen LogP contribution < -0.4 is 14.2 Å². The monoisotopic (exact) mass is 834 g/mol. The lowest BCUT2D eigenvalue weighted by atomic mass is 10.0. The fourth-order valence-corrected chi connectivity index (χ4v) is 7.51. The molecule has 0 amide bonds. The zero-order chi connectivity index (χ0) is 42.5. The number of carbonyl (C=O) groups excluding carboxylic acids is 4. The number of benzene rings is 6. The number of carbonyl (C=O) groups is 4. The van der Waals surface area contributed by atoms with E-state index in [9.17, 15) is 36.0 Å². The van der Waals surface area contributed by atoms with E-state index in [0.29, 0.717) is 11.1 Å². The highest BCUT2D eigenvalue weighted by Gasteiger charge is 2.26. The van der Waals surface area contributed by atoms with E-state index in [0.717, 1.165) is 49.3 Å². The molecule has 0 spiro atoms. The van der Waals surface area contributed by atoms with E-state index in [1.54, 1.807) is 19.2 Å². The van der Waals surface area contributed by atoms with Gasteiger partial charge in [-0.2, -0.15) is 16.8 Å². The third-order valence-corrected chi connectivity index (χ3v) is 11.8. The van der Waals surface area contributed by atoms with Crippen LogP contribution >= 0.6 is 0 Å². The lowest BCUT2D eigenvalue weighted by Gasteiger charge is -2.12. The van der Waals surface area contributed by atoms with E-state index in [1.165, 1.54) is 73.7 Å². The lowest BCUT2D eigenvalue weighted by Crippen LogP contribution is -2.14. The zero-order valence-corrected chi connectivity index (χ0v) is 33.5. The van der Waals surface area contributed by atoms with Crippen molar-refractivity contribution >= 4 is 43.7 Å². The zero-order valence-electron chi connectivity index (χ0n) is 31.8. The second-order valence-electron chi connectivity index (χ2n) is 12.7. The van der Waals surface area contributed by atoms with Crippen LogP contribution in [0, 0.1) is 6.92 Å². The number of aryl methyl sites for hydroxylation is 1. The molecule has 0 saturated carbocycles. The van der Waals surface area contributed by atoms with Gasteiger partial charge in [0.25, 0.3) is 20.2 Å². The number of esters is 2. The molecule has 59 heavy (non-hydrogen) atoms. The van der Waals surface area contributed by atoms with Crippen LogP contribution in [0.2, 0.25) is 0 Å². The molecule has 0 unspecified atom stereocenters. The Morgan fingerprint density at radius 1 is 0.424 bits per heavy atom. The highest BCUT2D eigenvalue weighted by molar-refractivity contribution is 7.87. The van der Waals surface area contributed by atoms with Gasteiger partial charge in [-0.3, -0.25) is 18.0 Å². The lowest BCUT2D eigenvalue weighted by molar-refractivity contribution is 0.0722. The largest absolute Gasteiger partial charge is 0.497 e. The second-order valence-corrected chi connectivity index (χ2v) is 16.1. The van der Waals surface area contributed by atoms with Gasteiger partial charge in [-0.25, -0.2) is 9.59 Å². The van der Waals surface area contributed by atoms with E-state index in [2.05, 4.69) is 8.37 Å². The van der Waals surface area contributed by atoms with Gasteiger partial charge < -0.3 is 14.2 Å². The minimum absolute atomic E-state index is 0.0340. The fraction of sp³-hybridized carbons (Fsp3) is 0.0909. The van der Waals surface area contributed by atoms with Gasteiger partial charge in [0.2, 0.25) is 0 Å². The quantitative estimate of drug-likeness (QED) is 0.0464. The molecule has 0 radical (unpaired) electrons. The predicted octanol–water partition coefficient (Wildman–Crippen LogP) is 7.24. The van der Waals surface area contributed by atoms with Crippen molar-refractivity contribution in [3.63, 3.8) is 0 Å². The van der Waals surface area contributed by atoms with Crippen LogP contribution in [0.1, 0.15) is 58.1 Å². The Labute approximate surface area is 340 Å². The van der Waals surface area contributed by atoms with Gasteiger partial charge in [0.05, 0.1) is 37.4 Å². The Hall–Kier alpha value is -6.78. The van der Waals surface area contributed by atoms with Crippen molar-refractivity contribution in [2.75, 3.05) is 21.3 Å². The maximum absolute atomic E-state index is 13.4. The first kappa shape index (κ1) is 41.8. The Morgan fingerprint density at radius 2 is 0.814 bits per heavy atom. The summed E-state index contributed by atoms with van der Waals surface area (Å²) in [5.41, 5.74) is 2.73. The maximum atomic E-state index is 13.4. The van der Waals surface area contributed by atoms with Crippen molar-refractivity contribution in [3.05, 3.63) is 172 Å². The molecule has 0 aliphatic heterocycles. The first-order valence-corrected chi connectivity index (χ1v) is 20.3. The summed E-state index contributed by atoms with van der Waals surface area (Å²) in [4.78, 5) is 51.7. The molecule has 300 valence electrons. The van der Waals surface area contributed by atoms with E-state index in [-0.39, 0.29) is 38.5 Å². The van der Waals surface area contributed by atoms with Gasteiger partial charge in [0.15, 0.2) is 17.3 Å². The van der Waals surface area contributed by atoms with Crippen molar-refractivity contribution in [3.8, 4) is 28.4 Å². The Morgan fingerprint density at radius 3 is 1.36 bits per heavy atom. The third kappa shape index (κ3) is 9.35. The molecule has 0 heterocycles. The smallest absolute Gasteiger partial charge is 0.343 e. The second kappa shape index (κ2) is 17.4. The summed E-state index contributed by atoms with van der Waals surface area (Å²) >= 11 is 0. The molecule has 0 fully saturated rings. The van der Waals surface area contributed by atoms with Crippen LogP contribution in [-0.4, -0.2) is 61.7 Å². The van der Waals surface area contributed by atoms with Gasteiger partial charge in [-0.05, 0) is 109 Å². The van der Waals surface area contributed by atoms with E-state index in [1.807, 2.05) is 36.4 Å². The molecule has 13 nitrogen and oxygen atoms in total. The van der Waals surface area contributed by atoms with Gasteiger partial charge in [-0.1, -0.05) is 48.5 Å².